The maximum atomic E-state index is 13.0. The largest absolute Gasteiger partial charge is 0.425 e. The first-order chi connectivity index (χ1) is 14.3. The number of benzene rings is 1. The summed E-state index contributed by atoms with van der Waals surface area (Å²) >= 11 is 0.577. The standard InChI is InChI=1S/C19H16F4N4O2S/c20-12-3-1-11(2-4-12)15-7-13(9-29-15)25-17-24-10-27(18(28)26-17)8-14-5-6-16(30-14)19(21,22)23/h1-6,10,13,15H,7-9H2,(H,25,26,28)/t13-,15+/m1/s1. The van der Waals surface area contributed by atoms with Crippen molar-refractivity contribution < 1.29 is 22.3 Å². The highest BCUT2D eigenvalue weighted by Gasteiger charge is 2.32. The van der Waals surface area contributed by atoms with Crippen LogP contribution in [-0.4, -0.2) is 27.2 Å². The normalized spacial score (nSPS) is 19.2. The molecule has 11 heteroatoms. The zero-order chi connectivity index (χ0) is 21.3. The molecule has 30 heavy (non-hydrogen) atoms. The number of nitrogens with one attached hydrogen (secondary N) is 1. The molecule has 1 aliphatic rings. The number of aromatic nitrogens is 3. The average Bonchev–Trinajstić information content (AvgIpc) is 3.34. The number of alkyl halides is 3. The first kappa shape index (κ1) is 20.5. The Hall–Kier alpha value is -2.79. The lowest BCUT2D eigenvalue weighted by atomic mass is 10.1. The minimum Gasteiger partial charge on any atom is -0.371 e. The van der Waals surface area contributed by atoms with Crippen LogP contribution in [0.5, 0.6) is 0 Å². The van der Waals surface area contributed by atoms with Crippen molar-refractivity contribution >= 4 is 17.3 Å². The van der Waals surface area contributed by atoms with Gasteiger partial charge in [-0.3, -0.25) is 4.57 Å². The van der Waals surface area contributed by atoms with E-state index >= 15 is 0 Å². The minimum atomic E-state index is -4.41. The maximum absolute atomic E-state index is 13.0. The van der Waals surface area contributed by atoms with Crippen molar-refractivity contribution in [1.82, 2.24) is 14.5 Å². The van der Waals surface area contributed by atoms with E-state index in [0.717, 1.165) is 16.2 Å². The van der Waals surface area contributed by atoms with Crippen LogP contribution in [0.2, 0.25) is 0 Å². The lowest BCUT2D eigenvalue weighted by Crippen LogP contribution is -2.28. The summed E-state index contributed by atoms with van der Waals surface area (Å²) in [7, 11) is 0. The van der Waals surface area contributed by atoms with Gasteiger partial charge in [-0.05, 0) is 29.8 Å². The second kappa shape index (κ2) is 8.15. The fourth-order valence-corrected chi connectivity index (χ4v) is 4.01. The fourth-order valence-electron chi connectivity index (χ4n) is 3.14. The number of nitrogens with zero attached hydrogens (tertiary/aromatic N) is 3. The molecular formula is C19H16F4N4O2S. The van der Waals surface area contributed by atoms with Gasteiger partial charge in [0.25, 0.3) is 0 Å². The number of anilines is 1. The first-order valence-corrected chi connectivity index (χ1v) is 9.82. The summed E-state index contributed by atoms with van der Waals surface area (Å²) in [6.45, 7) is 0.322. The van der Waals surface area contributed by atoms with Crippen LogP contribution in [0.25, 0.3) is 0 Å². The molecule has 0 unspecified atom stereocenters. The van der Waals surface area contributed by atoms with Crippen LogP contribution in [0.3, 0.4) is 0 Å². The summed E-state index contributed by atoms with van der Waals surface area (Å²) in [5, 5.41) is 3.03. The summed E-state index contributed by atoms with van der Waals surface area (Å²) in [4.78, 5) is 19.8. The Bertz CT molecular complexity index is 1080. The van der Waals surface area contributed by atoms with Gasteiger partial charge in [0.05, 0.1) is 25.3 Å². The number of thiophene rings is 1. The molecule has 0 bridgehead atoms. The van der Waals surface area contributed by atoms with Crippen molar-refractivity contribution in [3.05, 3.63) is 74.3 Å². The predicted molar refractivity (Wildman–Crippen MR) is 102 cm³/mol. The highest BCUT2D eigenvalue weighted by Crippen LogP contribution is 2.34. The zero-order valence-electron chi connectivity index (χ0n) is 15.4. The molecule has 1 saturated heterocycles. The van der Waals surface area contributed by atoms with E-state index in [1.165, 1.54) is 24.5 Å². The van der Waals surface area contributed by atoms with Crippen molar-refractivity contribution in [1.29, 1.82) is 0 Å². The van der Waals surface area contributed by atoms with Crippen molar-refractivity contribution in [2.75, 3.05) is 11.9 Å². The van der Waals surface area contributed by atoms with Crippen LogP contribution < -0.4 is 11.0 Å². The van der Waals surface area contributed by atoms with E-state index in [2.05, 4.69) is 15.3 Å². The van der Waals surface area contributed by atoms with E-state index in [1.54, 1.807) is 12.1 Å². The highest BCUT2D eigenvalue weighted by molar-refractivity contribution is 7.12. The van der Waals surface area contributed by atoms with E-state index in [9.17, 15) is 22.4 Å². The Morgan fingerprint density at radius 1 is 1.20 bits per heavy atom. The third-order valence-corrected chi connectivity index (χ3v) is 5.72. The topological polar surface area (TPSA) is 69.0 Å². The van der Waals surface area contributed by atoms with Gasteiger partial charge in [0.1, 0.15) is 17.0 Å². The molecule has 2 atom stereocenters. The minimum absolute atomic E-state index is 0.0426. The lowest BCUT2D eigenvalue weighted by molar-refractivity contribution is -0.134. The molecule has 0 spiro atoms. The molecule has 0 saturated carbocycles. The van der Waals surface area contributed by atoms with Gasteiger partial charge in [-0.25, -0.2) is 14.2 Å². The number of halogens is 4. The Kier molecular flexibility index (Phi) is 5.56. The van der Waals surface area contributed by atoms with Crippen molar-refractivity contribution in [2.24, 2.45) is 0 Å². The summed E-state index contributed by atoms with van der Waals surface area (Å²) in [6, 6.07) is 8.24. The molecule has 1 N–H and O–H groups in total. The first-order valence-electron chi connectivity index (χ1n) is 9.01. The zero-order valence-corrected chi connectivity index (χ0v) is 16.2. The summed E-state index contributed by atoms with van der Waals surface area (Å²) in [5.41, 5.74) is 0.231. The average molecular weight is 440 g/mol. The van der Waals surface area contributed by atoms with E-state index in [1.807, 2.05) is 0 Å². The molecule has 0 amide bonds. The molecule has 3 heterocycles. The van der Waals surface area contributed by atoms with Crippen LogP contribution in [-0.2, 0) is 17.5 Å². The number of hydrogen-bond acceptors (Lipinski definition) is 6. The molecule has 6 nitrogen and oxygen atoms in total. The highest BCUT2D eigenvalue weighted by atomic mass is 32.1. The molecular weight excluding hydrogens is 424 g/mol. The molecule has 4 rings (SSSR count). The molecule has 1 aliphatic heterocycles. The summed E-state index contributed by atoms with van der Waals surface area (Å²) in [5.74, 6) is -0.204. The van der Waals surface area contributed by atoms with Crippen molar-refractivity contribution in [3.8, 4) is 0 Å². The predicted octanol–water partition coefficient (Wildman–Crippen LogP) is 3.85. The van der Waals surface area contributed by atoms with Gasteiger partial charge in [-0.15, -0.1) is 11.3 Å². The third kappa shape index (κ3) is 4.68. The van der Waals surface area contributed by atoms with Gasteiger partial charge in [0.2, 0.25) is 5.95 Å². The van der Waals surface area contributed by atoms with Gasteiger partial charge in [-0.2, -0.15) is 18.2 Å². The molecule has 2 aromatic heterocycles. The van der Waals surface area contributed by atoms with Gasteiger partial charge >= 0.3 is 11.9 Å². The number of rotatable bonds is 5. The van der Waals surface area contributed by atoms with Crippen LogP contribution >= 0.6 is 11.3 Å². The number of ether oxygens (including phenoxy) is 1. The van der Waals surface area contributed by atoms with Crippen LogP contribution in [0, 0.1) is 5.82 Å². The molecule has 3 aromatic rings. The Balaban J connectivity index is 1.38. The lowest BCUT2D eigenvalue weighted by Gasteiger charge is -2.12. The molecule has 0 aliphatic carbocycles. The third-order valence-electron chi connectivity index (χ3n) is 4.61. The van der Waals surface area contributed by atoms with Crippen LogP contribution in [0.1, 0.15) is 27.8 Å². The van der Waals surface area contributed by atoms with E-state index in [4.69, 9.17) is 4.74 Å². The molecule has 0 radical (unpaired) electrons. The van der Waals surface area contributed by atoms with Gasteiger partial charge in [0, 0.05) is 11.3 Å². The second-order valence-corrected chi connectivity index (χ2v) is 7.97. The van der Waals surface area contributed by atoms with Gasteiger partial charge in [0.15, 0.2) is 0 Å². The maximum Gasteiger partial charge on any atom is 0.425 e. The molecule has 1 fully saturated rings. The van der Waals surface area contributed by atoms with E-state index in [0.29, 0.717) is 29.2 Å². The van der Waals surface area contributed by atoms with Crippen LogP contribution in [0.4, 0.5) is 23.5 Å². The van der Waals surface area contributed by atoms with E-state index in [-0.39, 0.29) is 30.5 Å². The van der Waals surface area contributed by atoms with Crippen molar-refractivity contribution in [3.63, 3.8) is 0 Å². The Morgan fingerprint density at radius 3 is 2.63 bits per heavy atom. The Labute approximate surface area is 172 Å². The van der Waals surface area contributed by atoms with Crippen LogP contribution in [0.15, 0.2) is 47.5 Å². The monoisotopic (exact) mass is 440 g/mol. The Morgan fingerprint density at radius 2 is 1.97 bits per heavy atom. The van der Waals surface area contributed by atoms with Gasteiger partial charge < -0.3 is 10.1 Å². The fraction of sp³-hybridized carbons (Fsp3) is 0.316. The molecule has 1 aromatic carbocycles. The summed E-state index contributed by atoms with van der Waals surface area (Å²) in [6.07, 6.45) is -2.77. The van der Waals surface area contributed by atoms with E-state index < -0.39 is 16.7 Å². The quantitative estimate of drug-likeness (QED) is 0.611. The number of hydrogen-bond donors (Lipinski definition) is 1. The SMILES string of the molecule is O=c1nc(N[C@H]2CO[C@H](c3ccc(F)cc3)C2)ncn1Cc1ccc(C(F)(F)F)s1. The van der Waals surface area contributed by atoms with Crippen molar-refractivity contribution in [2.45, 2.75) is 31.3 Å². The summed E-state index contributed by atoms with van der Waals surface area (Å²) < 4.78 is 58.0. The smallest absolute Gasteiger partial charge is 0.371 e. The van der Waals surface area contributed by atoms with Gasteiger partial charge in [-0.1, -0.05) is 12.1 Å². The second-order valence-electron chi connectivity index (χ2n) is 6.80. The molecule has 158 valence electrons.